The van der Waals surface area contributed by atoms with E-state index in [-0.39, 0.29) is 41.8 Å². The summed E-state index contributed by atoms with van der Waals surface area (Å²) < 4.78 is 35.4. The molecular formula is C46H48FN3O7. The molecule has 1 saturated heterocycles. The number of nitrogens with one attached hydrogen (secondary N) is 1. The number of non-ortho nitro benzene ring substituents is 1. The number of hydrogen-bond donors (Lipinski definition) is 1. The number of rotatable bonds is 13. The lowest BCUT2D eigenvalue weighted by Gasteiger charge is -2.36. The summed E-state index contributed by atoms with van der Waals surface area (Å²) in [5.41, 5.74) is 5.64. The Labute approximate surface area is 332 Å². The number of benzene rings is 4. The van der Waals surface area contributed by atoms with E-state index in [2.05, 4.69) is 23.7 Å². The topological polar surface area (TPSA) is 122 Å². The third-order valence-corrected chi connectivity index (χ3v) is 10.7. The Bertz CT molecular complexity index is 2150. The molecule has 5 aromatic rings. The summed E-state index contributed by atoms with van der Waals surface area (Å²) in [7, 11) is 0. The van der Waals surface area contributed by atoms with Gasteiger partial charge in [-0.3, -0.25) is 19.7 Å². The van der Waals surface area contributed by atoms with Gasteiger partial charge in [-0.25, -0.2) is 4.39 Å². The number of nitro groups is 1. The van der Waals surface area contributed by atoms with Crippen LogP contribution in [-0.4, -0.2) is 39.7 Å². The first-order valence-corrected chi connectivity index (χ1v) is 19.8. The highest BCUT2D eigenvalue weighted by Crippen LogP contribution is 2.43. The van der Waals surface area contributed by atoms with Crippen molar-refractivity contribution in [2.45, 2.75) is 102 Å². The Morgan fingerprint density at radius 1 is 0.860 bits per heavy atom. The van der Waals surface area contributed by atoms with Crippen LogP contribution in [0.3, 0.4) is 0 Å². The number of aromatic nitrogens is 1. The SMILES string of the molecule is CC(C)c1c(C(=O)Nc2ccccc2)c(-c2ccccc2)c(-c2ccc(F)cc2)n1CC[C@@H]1C[C@H](CC(=O)OC2CCCCC2)O[C@H](c2ccc([N+](=O)[O-])cc2)O1. The lowest BCUT2D eigenvalue weighted by molar-refractivity contribution is -0.384. The number of nitro benzene ring substituents is 1. The highest BCUT2D eigenvalue weighted by atomic mass is 19.1. The Morgan fingerprint density at radius 2 is 1.51 bits per heavy atom. The smallest absolute Gasteiger partial charge is 0.308 e. The monoisotopic (exact) mass is 773 g/mol. The van der Waals surface area contributed by atoms with Crippen molar-refractivity contribution in [2.75, 3.05) is 5.32 Å². The summed E-state index contributed by atoms with van der Waals surface area (Å²) in [4.78, 5) is 38.7. The van der Waals surface area contributed by atoms with Gasteiger partial charge in [0.25, 0.3) is 11.6 Å². The minimum Gasteiger partial charge on any atom is -0.462 e. The summed E-state index contributed by atoms with van der Waals surface area (Å²) in [5, 5.41) is 14.5. The van der Waals surface area contributed by atoms with Gasteiger partial charge in [0, 0.05) is 47.6 Å². The summed E-state index contributed by atoms with van der Waals surface area (Å²) >= 11 is 0. The van der Waals surface area contributed by atoms with Crippen LogP contribution in [0.5, 0.6) is 0 Å². The van der Waals surface area contributed by atoms with Crippen molar-refractivity contribution in [3.8, 4) is 22.4 Å². The Kier molecular flexibility index (Phi) is 12.6. The molecular weight excluding hydrogens is 726 g/mol. The maximum Gasteiger partial charge on any atom is 0.308 e. The lowest BCUT2D eigenvalue weighted by atomic mass is 9.94. The number of carbonyl (C=O) groups is 2. The van der Waals surface area contributed by atoms with Crippen LogP contribution in [0.1, 0.15) is 99.0 Å². The lowest BCUT2D eigenvalue weighted by Crippen LogP contribution is -2.36. The Morgan fingerprint density at radius 3 is 2.16 bits per heavy atom. The van der Waals surface area contributed by atoms with Crippen LogP contribution in [0.25, 0.3) is 22.4 Å². The molecule has 1 aromatic heterocycles. The van der Waals surface area contributed by atoms with Crippen molar-refractivity contribution in [2.24, 2.45) is 0 Å². The summed E-state index contributed by atoms with van der Waals surface area (Å²) in [6, 6.07) is 31.4. The highest BCUT2D eigenvalue weighted by Gasteiger charge is 2.35. The second-order valence-corrected chi connectivity index (χ2v) is 15.2. The third kappa shape index (κ3) is 9.49. The van der Waals surface area contributed by atoms with Crippen LogP contribution < -0.4 is 5.32 Å². The molecule has 3 atom stereocenters. The number of esters is 1. The molecule has 10 nitrogen and oxygen atoms in total. The standard InChI is InChI=1S/C46H48FN3O7/c1-30(2)43-42(45(52)48-35-14-8-4-9-15-35)41(31-12-6-3-7-13-31)44(32-18-22-34(47)23-19-32)49(43)27-26-38-28-39(29-40(51)55-37-16-10-5-11-17-37)57-46(56-38)33-20-24-36(25-21-33)50(53)54/h3-4,6-9,12-15,18-25,30,37-39,46H,5,10-11,16-17,26-29H2,1-2H3,(H,48,52)/t38-,39-,46-/m1/s1. The molecule has 1 N–H and O–H groups in total. The first-order valence-electron chi connectivity index (χ1n) is 19.8. The zero-order chi connectivity index (χ0) is 39.9. The first kappa shape index (κ1) is 39.6. The molecule has 1 amide bonds. The molecule has 11 heteroatoms. The number of amides is 1. The summed E-state index contributed by atoms with van der Waals surface area (Å²) in [5.74, 6) is -1.06. The Balaban J connectivity index is 1.26. The molecule has 1 aliphatic heterocycles. The van der Waals surface area contributed by atoms with Crippen molar-refractivity contribution in [3.05, 3.63) is 142 Å². The van der Waals surface area contributed by atoms with E-state index < -0.39 is 23.4 Å². The van der Waals surface area contributed by atoms with Crippen LogP contribution in [0.15, 0.2) is 109 Å². The first-order chi connectivity index (χ1) is 27.6. The molecule has 0 radical (unpaired) electrons. The highest BCUT2D eigenvalue weighted by molar-refractivity contribution is 6.12. The van der Waals surface area contributed by atoms with Crippen molar-refractivity contribution in [1.29, 1.82) is 0 Å². The van der Waals surface area contributed by atoms with E-state index in [0.29, 0.717) is 36.2 Å². The van der Waals surface area contributed by atoms with Gasteiger partial charge in [0.05, 0.1) is 34.8 Å². The number of halogens is 1. The quantitative estimate of drug-likeness (QED) is 0.0718. The van der Waals surface area contributed by atoms with E-state index in [1.807, 2.05) is 60.7 Å². The molecule has 7 rings (SSSR count). The molecule has 0 bridgehead atoms. The molecule has 2 aliphatic rings. The van der Waals surface area contributed by atoms with E-state index >= 15 is 0 Å². The number of ether oxygens (including phenoxy) is 3. The molecule has 0 unspecified atom stereocenters. The van der Waals surface area contributed by atoms with E-state index in [1.54, 1.807) is 24.3 Å². The molecule has 4 aromatic carbocycles. The molecule has 0 spiro atoms. The molecule has 296 valence electrons. The van der Waals surface area contributed by atoms with Gasteiger partial charge in [0.2, 0.25) is 0 Å². The fourth-order valence-corrected chi connectivity index (χ4v) is 8.10. The van der Waals surface area contributed by atoms with E-state index in [9.17, 15) is 24.1 Å². The Hall–Kier alpha value is -5.65. The van der Waals surface area contributed by atoms with Gasteiger partial charge in [-0.2, -0.15) is 0 Å². The van der Waals surface area contributed by atoms with Gasteiger partial charge in [-0.15, -0.1) is 0 Å². The van der Waals surface area contributed by atoms with Gasteiger partial charge >= 0.3 is 5.97 Å². The predicted molar refractivity (Wildman–Crippen MR) is 216 cm³/mol. The number of nitrogens with zero attached hydrogens (tertiary/aromatic N) is 2. The average Bonchev–Trinajstić information content (AvgIpc) is 3.57. The second kappa shape index (κ2) is 18.1. The zero-order valence-corrected chi connectivity index (χ0v) is 32.3. The van der Waals surface area contributed by atoms with Crippen molar-refractivity contribution in [1.82, 2.24) is 4.57 Å². The molecule has 1 aliphatic carbocycles. The van der Waals surface area contributed by atoms with Crippen LogP contribution in [-0.2, 0) is 25.5 Å². The van der Waals surface area contributed by atoms with E-state index in [0.717, 1.165) is 60.2 Å². The zero-order valence-electron chi connectivity index (χ0n) is 32.3. The maximum atomic E-state index is 14.5. The minimum atomic E-state index is -0.880. The number of hydrogen-bond acceptors (Lipinski definition) is 7. The fourth-order valence-electron chi connectivity index (χ4n) is 8.10. The molecule has 1 saturated carbocycles. The summed E-state index contributed by atoms with van der Waals surface area (Å²) in [6.45, 7) is 4.52. The molecule has 2 fully saturated rings. The van der Waals surface area contributed by atoms with Crippen molar-refractivity contribution >= 4 is 23.3 Å². The number of anilines is 1. The fraction of sp³-hybridized carbons (Fsp3) is 0.348. The summed E-state index contributed by atoms with van der Waals surface area (Å²) in [6.07, 6.45) is 3.94. The predicted octanol–water partition coefficient (Wildman–Crippen LogP) is 10.8. The van der Waals surface area contributed by atoms with Gasteiger partial charge < -0.3 is 24.1 Å². The van der Waals surface area contributed by atoms with Crippen LogP contribution in [0.2, 0.25) is 0 Å². The van der Waals surface area contributed by atoms with Gasteiger partial charge in [0.15, 0.2) is 6.29 Å². The molecule has 2 heterocycles. The minimum absolute atomic E-state index is 0.0450. The van der Waals surface area contributed by atoms with Crippen LogP contribution >= 0.6 is 0 Å². The average molecular weight is 774 g/mol. The van der Waals surface area contributed by atoms with Gasteiger partial charge in [-0.1, -0.05) is 68.8 Å². The van der Waals surface area contributed by atoms with Gasteiger partial charge in [0.1, 0.15) is 11.9 Å². The molecule has 57 heavy (non-hydrogen) atoms. The maximum absolute atomic E-state index is 14.5. The number of carbonyl (C=O) groups excluding carboxylic acids is 2. The van der Waals surface area contributed by atoms with E-state index in [4.69, 9.17) is 14.2 Å². The van der Waals surface area contributed by atoms with Crippen LogP contribution in [0, 0.1) is 15.9 Å². The normalized spacial score (nSPS) is 18.6. The van der Waals surface area contributed by atoms with Crippen molar-refractivity contribution in [3.63, 3.8) is 0 Å². The number of para-hydroxylation sites is 1. The van der Waals surface area contributed by atoms with Crippen LogP contribution in [0.4, 0.5) is 15.8 Å². The largest absolute Gasteiger partial charge is 0.462 e. The van der Waals surface area contributed by atoms with Crippen molar-refractivity contribution < 1.29 is 33.1 Å². The second-order valence-electron chi connectivity index (χ2n) is 15.2. The van der Waals surface area contributed by atoms with Gasteiger partial charge in [-0.05, 0) is 97.7 Å². The third-order valence-electron chi connectivity index (χ3n) is 10.7. The van der Waals surface area contributed by atoms with E-state index in [1.165, 1.54) is 24.3 Å².